The van der Waals surface area contributed by atoms with Gasteiger partial charge in [-0.25, -0.2) is 9.59 Å². The summed E-state index contributed by atoms with van der Waals surface area (Å²) in [5.74, 6) is -1.60. The maximum Gasteiger partial charge on any atom is 0.407 e. The number of alkyl carbamates (subject to hydrolysis) is 1. The van der Waals surface area contributed by atoms with Gasteiger partial charge in [0.1, 0.15) is 5.60 Å². The van der Waals surface area contributed by atoms with E-state index in [1.165, 1.54) is 18.2 Å². The molecular formula is C20H23N3O6S. The number of rotatable bonds is 4. The summed E-state index contributed by atoms with van der Waals surface area (Å²) in [5, 5.41) is 13.9. The predicted molar refractivity (Wildman–Crippen MR) is 112 cm³/mol. The normalized spacial score (nSPS) is 20.4. The number of aromatic carboxylic acids is 1. The topological polar surface area (TPSA) is 125 Å². The Balaban J connectivity index is 1.81. The molecule has 10 heteroatoms. The van der Waals surface area contributed by atoms with Crippen LogP contribution in [0.1, 0.15) is 43.1 Å². The van der Waals surface area contributed by atoms with Gasteiger partial charge in [0.15, 0.2) is 0 Å². The Labute approximate surface area is 177 Å². The van der Waals surface area contributed by atoms with Gasteiger partial charge < -0.3 is 20.1 Å². The molecule has 0 radical (unpaired) electrons. The van der Waals surface area contributed by atoms with E-state index in [9.17, 15) is 24.3 Å². The number of carboxylic acids is 1. The second kappa shape index (κ2) is 8.39. The minimum Gasteiger partial charge on any atom is -0.478 e. The van der Waals surface area contributed by atoms with Crippen LogP contribution in [0.4, 0.5) is 15.3 Å². The minimum atomic E-state index is -1.09. The molecule has 160 valence electrons. The van der Waals surface area contributed by atoms with Crippen molar-refractivity contribution >= 4 is 46.7 Å². The molecule has 3 N–H and O–H groups in total. The fraction of sp³-hybridized carbons (Fsp3) is 0.400. The van der Waals surface area contributed by atoms with Crippen LogP contribution >= 0.6 is 11.8 Å². The molecule has 1 aromatic rings. The molecule has 30 heavy (non-hydrogen) atoms. The molecule has 9 nitrogen and oxygen atoms in total. The minimum absolute atomic E-state index is 0.0722. The molecule has 0 unspecified atom stereocenters. The van der Waals surface area contributed by atoms with Crippen LogP contribution in [0.5, 0.6) is 0 Å². The molecule has 2 aliphatic rings. The standard InChI is InChI=1S/C20H23N3O6S/c1-20(2,3)29-18(27)21-13-6-7-23(10-13)14-5-4-11(17(25)26)8-12(14)9-15-16(24)22-19(28)30-15/h4-5,8-9,13H,6-7,10H2,1-3H3,(H,21,27)(H,25,26)(H,22,24,28)/b15-9-/t13-/m0/s1. The lowest BCUT2D eigenvalue weighted by atomic mass is 10.1. The first-order chi connectivity index (χ1) is 14.0. The maximum atomic E-state index is 12.0. The predicted octanol–water partition coefficient (Wildman–Crippen LogP) is 2.81. The first-order valence-electron chi connectivity index (χ1n) is 9.38. The molecule has 1 aromatic carbocycles. The van der Waals surface area contributed by atoms with Crippen molar-refractivity contribution in [3.8, 4) is 0 Å². The molecule has 3 amide bonds. The van der Waals surface area contributed by atoms with E-state index < -0.39 is 28.8 Å². The van der Waals surface area contributed by atoms with E-state index in [0.29, 0.717) is 30.8 Å². The SMILES string of the molecule is CC(C)(C)OC(=O)N[C@H]1CCN(c2ccc(C(=O)O)cc2/C=C2\SC(=O)NC2=O)C1. The number of ether oxygens (including phenoxy) is 1. The third-order valence-corrected chi connectivity index (χ3v) is 5.26. The van der Waals surface area contributed by atoms with E-state index in [1.54, 1.807) is 26.8 Å². The quantitative estimate of drug-likeness (QED) is 0.619. The average molecular weight is 433 g/mol. The van der Waals surface area contributed by atoms with E-state index in [1.807, 2.05) is 4.90 Å². The van der Waals surface area contributed by atoms with Crippen LogP contribution in [0.2, 0.25) is 0 Å². The molecule has 2 heterocycles. The summed E-state index contributed by atoms with van der Waals surface area (Å²) in [6.45, 7) is 6.50. The van der Waals surface area contributed by atoms with Crippen molar-refractivity contribution in [2.75, 3.05) is 18.0 Å². The zero-order valence-electron chi connectivity index (χ0n) is 16.9. The zero-order chi connectivity index (χ0) is 22.1. The van der Waals surface area contributed by atoms with Gasteiger partial charge in [0, 0.05) is 18.8 Å². The highest BCUT2D eigenvalue weighted by molar-refractivity contribution is 8.18. The highest BCUT2D eigenvalue weighted by Gasteiger charge is 2.29. The number of carbonyl (C=O) groups is 4. The number of benzene rings is 1. The number of nitrogens with one attached hydrogen (secondary N) is 2. The number of nitrogens with zero attached hydrogens (tertiary/aromatic N) is 1. The Bertz CT molecular complexity index is 937. The van der Waals surface area contributed by atoms with Gasteiger partial charge in [-0.1, -0.05) is 0 Å². The van der Waals surface area contributed by atoms with Gasteiger partial charge in [-0.15, -0.1) is 0 Å². The fourth-order valence-electron chi connectivity index (χ4n) is 3.22. The van der Waals surface area contributed by atoms with Crippen LogP contribution in [-0.4, -0.2) is 53.0 Å². The van der Waals surface area contributed by atoms with Crippen molar-refractivity contribution in [3.05, 3.63) is 34.2 Å². The van der Waals surface area contributed by atoms with E-state index >= 15 is 0 Å². The summed E-state index contributed by atoms with van der Waals surface area (Å²) < 4.78 is 5.29. The number of imide groups is 1. The molecule has 3 rings (SSSR count). The average Bonchev–Trinajstić information content (AvgIpc) is 3.19. The Hall–Kier alpha value is -3.01. The summed E-state index contributed by atoms with van der Waals surface area (Å²) in [5.41, 5.74) is 0.711. The second-order valence-corrected chi connectivity index (χ2v) is 9.02. The number of thioether (sulfide) groups is 1. The smallest absolute Gasteiger partial charge is 0.407 e. The Kier molecular flexibility index (Phi) is 6.06. The number of carboxylic acid groups (broad SMARTS) is 1. The zero-order valence-corrected chi connectivity index (χ0v) is 17.7. The van der Waals surface area contributed by atoms with Crippen LogP contribution < -0.4 is 15.5 Å². The molecule has 0 aliphatic carbocycles. The number of amides is 3. The summed E-state index contributed by atoms with van der Waals surface area (Å²) in [6, 6.07) is 4.49. The van der Waals surface area contributed by atoms with Gasteiger partial charge in [-0.05, 0) is 68.8 Å². The molecule has 2 saturated heterocycles. The van der Waals surface area contributed by atoms with E-state index in [2.05, 4.69) is 10.6 Å². The van der Waals surface area contributed by atoms with E-state index in [-0.39, 0.29) is 16.5 Å². The van der Waals surface area contributed by atoms with Crippen molar-refractivity contribution < 1.29 is 29.0 Å². The first-order valence-corrected chi connectivity index (χ1v) is 10.2. The summed E-state index contributed by atoms with van der Waals surface area (Å²) in [4.78, 5) is 49.0. The van der Waals surface area contributed by atoms with Gasteiger partial charge in [0.2, 0.25) is 0 Å². The molecule has 2 fully saturated rings. The lowest BCUT2D eigenvalue weighted by Gasteiger charge is -2.23. The van der Waals surface area contributed by atoms with E-state index in [4.69, 9.17) is 4.74 Å². The third-order valence-electron chi connectivity index (χ3n) is 4.45. The molecule has 0 aromatic heterocycles. The maximum absolute atomic E-state index is 12.0. The number of hydrogen-bond acceptors (Lipinski definition) is 7. The van der Waals surface area contributed by atoms with Gasteiger partial charge in [0.05, 0.1) is 16.5 Å². The van der Waals surface area contributed by atoms with Gasteiger partial charge >= 0.3 is 12.1 Å². The molecular weight excluding hydrogens is 410 g/mol. The highest BCUT2D eigenvalue weighted by atomic mass is 32.2. The van der Waals surface area contributed by atoms with Gasteiger partial charge in [0.25, 0.3) is 11.1 Å². The van der Waals surface area contributed by atoms with Crippen molar-refractivity contribution in [1.82, 2.24) is 10.6 Å². The van der Waals surface area contributed by atoms with Crippen LogP contribution in [0.25, 0.3) is 6.08 Å². The second-order valence-electron chi connectivity index (χ2n) is 8.01. The number of anilines is 1. The van der Waals surface area contributed by atoms with Crippen LogP contribution in [0, 0.1) is 0 Å². The Morgan fingerprint density at radius 3 is 2.67 bits per heavy atom. The van der Waals surface area contributed by atoms with E-state index in [0.717, 1.165) is 11.8 Å². The monoisotopic (exact) mass is 433 g/mol. The first kappa shape index (κ1) is 21.7. The van der Waals surface area contributed by atoms with Crippen LogP contribution in [0.15, 0.2) is 23.1 Å². The van der Waals surface area contributed by atoms with Crippen molar-refractivity contribution in [1.29, 1.82) is 0 Å². The Morgan fingerprint density at radius 1 is 1.33 bits per heavy atom. The van der Waals surface area contributed by atoms with Gasteiger partial charge in [-0.2, -0.15) is 0 Å². The van der Waals surface area contributed by atoms with Gasteiger partial charge in [-0.3, -0.25) is 14.9 Å². The molecule has 0 bridgehead atoms. The summed E-state index contributed by atoms with van der Waals surface area (Å²) >= 11 is 0.770. The lowest BCUT2D eigenvalue weighted by Crippen LogP contribution is -2.40. The summed E-state index contributed by atoms with van der Waals surface area (Å²) in [6.07, 6.45) is 1.71. The largest absolute Gasteiger partial charge is 0.478 e. The third kappa shape index (κ3) is 5.32. The molecule has 0 saturated carbocycles. The summed E-state index contributed by atoms with van der Waals surface area (Å²) in [7, 11) is 0. The molecule has 0 spiro atoms. The fourth-order valence-corrected chi connectivity index (χ4v) is 3.90. The van der Waals surface area contributed by atoms with Crippen LogP contribution in [0.3, 0.4) is 0 Å². The highest BCUT2D eigenvalue weighted by Crippen LogP contribution is 2.32. The van der Waals surface area contributed by atoms with Crippen molar-refractivity contribution in [2.45, 2.75) is 38.8 Å². The van der Waals surface area contributed by atoms with Crippen LogP contribution in [-0.2, 0) is 9.53 Å². The molecule has 1 atom stereocenters. The van der Waals surface area contributed by atoms with Crippen molar-refractivity contribution in [3.63, 3.8) is 0 Å². The lowest BCUT2D eigenvalue weighted by molar-refractivity contribution is -0.115. The Morgan fingerprint density at radius 2 is 2.07 bits per heavy atom. The number of carbonyl (C=O) groups excluding carboxylic acids is 3. The van der Waals surface area contributed by atoms with Crippen molar-refractivity contribution in [2.24, 2.45) is 0 Å². The number of hydrogen-bond donors (Lipinski definition) is 3. The molecule has 2 aliphatic heterocycles.